The number of carbonyl (C=O) groups is 1. The van der Waals surface area contributed by atoms with Crippen molar-refractivity contribution in [2.45, 2.75) is 20.0 Å². The Balaban J connectivity index is 1.92. The van der Waals surface area contributed by atoms with Crippen molar-refractivity contribution in [2.75, 3.05) is 0 Å². The standard InChI is InChI=1S/C20H16O3/c1-12-10-15(11-22-12)18-13(2)20(21)23-19(18)17-9-5-7-14-6-3-4-8-16(14)17/h3-11,19H,1-2H3/t19-/m0/s1. The number of carbonyl (C=O) groups excluding carboxylic acids is 1. The van der Waals surface area contributed by atoms with Crippen LogP contribution in [0, 0.1) is 6.92 Å². The van der Waals surface area contributed by atoms with Crippen molar-refractivity contribution in [3.63, 3.8) is 0 Å². The number of benzene rings is 2. The van der Waals surface area contributed by atoms with E-state index in [2.05, 4.69) is 18.2 Å². The van der Waals surface area contributed by atoms with Crippen LogP contribution in [0.2, 0.25) is 0 Å². The largest absolute Gasteiger partial charge is 0.469 e. The van der Waals surface area contributed by atoms with Crippen LogP contribution in [-0.4, -0.2) is 5.97 Å². The summed E-state index contributed by atoms with van der Waals surface area (Å²) in [6.07, 6.45) is 1.29. The van der Waals surface area contributed by atoms with E-state index in [9.17, 15) is 4.79 Å². The molecule has 3 nitrogen and oxygen atoms in total. The van der Waals surface area contributed by atoms with Crippen molar-refractivity contribution < 1.29 is 13.9 Å². The lowest BCUT2D eigenvalue weighted by atomic mass is 9.92. The highest BCUT2D eigenvalue weighted by atomic mass is 16.5. The van der Waals surface area contributed by atoms with Gasteiger partial charge in [-0.15, -0.1) is 0 Å². The van der Waals surface area contributed by atoms with Crippen molar-refractivity contribution in [2.24, 2.45) is 0 Å². The van der Waals surface area contributed by atoms with Crippen LogP contribution in [0.5, 0.6) is 0 Å². The highest BCUT2D eigenvalue weighted by Gasteiger charge is 2.35. The molecule has 1 aliphatic heterocycles. The first-order valence-corrected chi connectivity index (χ1v) is 7.60. The average Bonchev–Trinajstić information content (AvgIpc) is 3.11. The van der Waals surface area contributed by atoms with Crippen LogP contribution in [0.4, 0.5) is 0 Å². The second-order valence-electron chi connectivity index (χ2n) is 5.84. The molecule has 0 unspecified atom stereocenters. The molecule has 0 N–H and O–H groups in total. The molecule has 3 heteroatoms. The molecule has 1 atom stereocenters. The van der Waals surface area contributed by atoms with E-state index in [4.69, 9.17) is 9.15 Å². The first-order valence-electron chi connectivity index (χ1n) is 7.60. The second-order valence-corrected chi connectivity index (χ2v) is 5.84. The summed E-state index contributed by atoms with van der Waals surface area (Å²) in [7, 11) is 0. The SMILES string of the molecule is CC1=C(c2coc(C)c2)[C@H](c2cccc3ccccc23)OC1=O. The molecule has 4 rings (SSSR count). The van der Waals surface area contributed by atoms with Crippen molar-refractivity contribution in [1.82, 2.24) is 0 Å². The maximum atomic E-state index is 12.2. The molecule has 0 saturated heterocycles. The first kappa shape index (κ1) is 13.8. The Morgan fingerprint density at radius 2 is 1.78 bits per heavy atom. The topological polar surface area (TPSA) is 39.4 Å². The molecule has 3 aromatic rings. The third-order valence-corrected chi connectivity index (χ3v) is 4.34. The summed E-state index contributed by atoms with van der Waals surface area (Å²) in [4.78, 5) is 12.2. The molecule has 1 aromatic heterocycles. The zero-order valence-corrected chi connectivity index (χ0v) is 13.0. The van der Waals surface area contributed by atoms with Crippen molar-refractivity contribution >= 4 is 22.3 Å². The minimum absolute atomic E-state index is 0.267. The molecule has 1 aliphatic rings. The van der Waals surface area contributed by atoms with Gasteiger partial charge in [0.1, 0.15) is 5.76 Å². The van der Waals surface area contributed by atoms with Crippen LogP contribution in [0.15, 0.2) is 64.8 Å². The van der Waals surface area contributed by atoms with E-state index >= 15 is 0 Å². The Morgan fingerprint density at radius 3 is 2.57 bits per heavy atom. The number of aryl methyl sites for hydroxylation is 1. The fourth-order valence-electron chi connectivity index (χ4n) is 3.21. The number of hydrogen-bond donors (Lipinski definition) is 0. The van der Waals surface area contributed by atoms with Gasteiger partial charge >= 0.3 is 5.97 Å². The average molecular weight is 304 g/mol. The number of cyclic esters (lactones) is 1. The van der Waals surface area contributed by atoms with E-state index in [0.717, 1.165) is 33.2 Å². The fraction of sp³-hybridized carbons (Fsp3) is 0.150. The van der Waals surface area contributed by atoms with Crippen molar-refractivity contribution in [3.05, 3.63) is 77.3 Å². The van der Waals surface area contributed by atoms with Crippen LogP contribution in [0.1, 0.15) is 29.9 Å². The van der Waals surface area contributed by atoms with Crippen LogP contribution >= 0.6 is 0 Å². The van der Waals surface area contributed by atoms with E-state index in [1.165, 1.54) is 0 Å². The molecule has 0 fully saturated rings. The van der Waals surface area contributed by atoms with Crippen LogP contribution in [0.3, 0.4) is 0 Å². The summed E-state index contributed by atoms with van der Waals surface area (Å²) < 4.78 is 11.1. The monoisotopic (exact) mass is 304 g/mol. The Hall–Kier alpha value is -2.81. The van der Waals surface area contributed by atoms with Gasteiger partial charge in [0.2, 0.25) is 0 Å². The van der Waals surface area contributed by atoms with Crippen LogP contribution in [-0.2, 0) is 9.53 Å². The van der Waals surface area contributed by atoms with E-state index in [-0.39, 0.29) is 5.97 Å². The minimum atomic E-state index is -0.398. The Bertz CT molecular complexity index is 941. The van der Waals surface area contributed by atoms with Crippen molar-refractivity contribution in [1.29, 1.82) is 0 Å². The molecule has 0 saturated carbocycles. The van der Waals surface area contributed by atoms with Gasteiger partial charge in [-0.05, 0) is 30.7 Å². The summed E-state index contributed by atoms with van der Waals surface area (Å²) >= 11 is 0. The molecule has 0 amide bonds. The molecular weight excluding hydrogens is 288 g/mol. The molecule has 2 heterocycles. The van der Waals surface area contributed by atoms with Crippen LogP contribution in [0.25, 0.3) is 16.3 Å². The van der Waals surface area contributed by atoms with E-state index in [0.29, 0.717) is 5.57 Å². The summed E-state index contributed by atoms with van der Waals surface area (Å²) in [5, 5.41) is 2.23. The van der Waals surface area contributed by atoms with Crippen molar-refractivity contribution in [3.8, 4) is 0 Å². The summed E-state index contributed by atoms with van der Waals surface area (Å²) in [5.41, 5.74) is 3.44. The zero-order chi connectivity index (χ0) is 16.0. The van der Waals surface area contributed by atoms with Gasteiger partial charge in [0.05, 0.1) is 6.26 Å². The number of hydrogen-bond acceptors (Lipinski definition) is 3. The highest BCUT2D eigenvalue weighted by Crippen LogP contribution is 2.43. The van der Waals surface area contributed by atoms with Gasteiger partial charge in [-0.2, -0.15) is 0 Å². The third kappa shape index (κ3) is 2.16. The summed E-state index contributed by atoms with van der Waals surface area (Å²) in [6, 6.07) is 16.2. The number of furan rings is 1. The van der Waals surface area contributed by atoms with Crippen LogP contribution < -0.4 is 0 Å². The quantitative estimate of drug-likeness (QED) is 0.638. The normalized spacial score (nSPS) is 17.8. The Labute approximate surface area is 134 Å². The predicted molar refractivity (Wildman–Crippen MR) is 88.8 cm³/mol. The Kier molecular flexibility index (Phi) is 3.08. The van der Waals surface area contributed by atoms with E-state index in [1.54, 1.807) is 6.26 Å². The zero-order valence-electron chi connectivity index (χ0n) is 13.0. The minimum Gasteiger partial charge on any atom is -0.469 e. The van der Waals surface area contributed by atoms with Gasteiger partial charge in [0.25, 0.3) is 0 Å². The first-order chi connectivity index (χ1) is 11.1. The maximum Gasteiger partial charge on any atom is 0.335 e. The molecule has 114 valence electrons. The molecule has 0 bridgehead atoms. The number of rotatable bonds is 2. The van der Waals surface area contributed by atoms with Gasteiger partial charge < -0.3 is 9.15 Å². The fourth-order valence-corrected chi connectivity index (χ4v) is 3.21. The van der Waals surface area contributed by atoms with E-state index in [1.807, 2.05) is 44.2 Å². The predicted octanol–water partition coefficient (Wildman–Crippen LogP) is 4.81. The lowest BCUT2D eigenvalue weighted by Gasteiger charge is -2.16. The van der Waals surface area contributed by atoms with Gasteiger partial charge in [-0.25, -0.2) is 4.79 Å². The number of ether oxygens (including phenoxy) is 1. The van der Waals surface area contributed by atoms with Gasteiger partial charge in [-0.1, -0.05) is 42.5 Å². The molecule has 0 spiro atoms. The summed E-state index contributed by atoms with van der Waals surface area (Å²) in [6.45, 7) is 3.70. The molecular formula is C20H16O3. The number of esters is 1. The van der Waals surface area contributed by atoms with Gasteiger partial charge in [0.15, 0.2) is 6.10 Å². The van der Waals surface area contributed by atoms with Gasteiger partial charge in [0, 0.05) is 22.3 Å². The Morgan fingerprint density at radius 1 is 1.00 bits per heavy atom. The van der Waals surface area contributed by atoms with E-state index < -0.39 is 6.10 Å². The smallest absolute Gasteiger partial charge is 0.335 e. The third-order valence-electron chi connectivity index (χ3n) is 4.34. The summed E-state index contributed by atoms with van der Waals surface area (Å²) in [5.74, 6) is 0.549. The molecule has 0 radical (unpaired) electrons. The molecule has 0 aliphatic carbocycles. The lowest BCUT2D eigenvalue weighted by Crippen LogP contribution is -2.03. The maximum absolute atomic E-state index is 12.2. The molecule has 2 aromatic carbocycles. The van der Waals surface area contributed by atoms with Gasteiger partial charge in [-0.3, -0.25) is 0 Å². The second kappa shape index (κ2) is 5.13. The molecule has 23 heavy (non-hydrogen) atoms. The number of fused-ring (bicyclic) bond motifs is 1. The lowest BCUT2D eigenvalue weighted by molar-refractivity contribution is -0.139. The highest BCUT2D eigenvalue weighted by molar-refractivity contribution is 6.03.